The van der Waals surface area contributed by atoms with E-state index in [1.165, 1.54) is 0 Å². The molecule has 1 aliphatic heterocycles. The number of aliphatic imine (C=N–C) groups is 1. The number of nitrogens with one attached hydrogen (secondary N) is 1. The van der Waals surface area contributed by atoms with Crippen LogP contribution in [0.25, 0.3) is 0 Å². The molecule has 0 radical (unpaired) electrons. The van der Waals surface area contributed by atoms with Crippen molar-refractivity contribution in [2.24, 2.45) is 4.99 Å². The summed E-state index contributed by atoms with van der Waals surface area (Å²) in [6.07, 6.45) is 0.835. The van der Waals surface area contributed by atoms with Gasteiger partial charge < -0.3 is 10.1 Å². The molecule has 1 aromatic rings. The number of amides is 1. The van der Waals surface area contributed by atoms with E-state index < -0.39 is 5.97 Å². The molecular weight excluding hydrogens is 344 g/mol. The van der Waals surface area contributed by atoms with E-state index in [9.17, 15) is 9.59 Å². The smallest absolute Gasteiger partial charge is 0.338 e. The number of ether oxygens (including phenoxy) is 1. The summed E-state index contributed by atoms with van der Waals surface area (Å²) >= 11 is 3.37. The van der Waals surface area contributed by atoms with E-state index in [-0.39, 0.29) is 18.6 Å². The van der Waals surface area contributed by atoms with Crippen LogP contribution in [0.1, 0.15) is 36.2 Å². The normalized spacial score (nSPS) is 14.8. The second-order valence-corrected chi connectivity index (χ2v) is 7.70. The molecule has 24 heavy (non-hydrogen) atoms. The van der Waals surface area contributed by atoms with Crippen molar-refractivity contribution < 1.29 is 14.3 Å². The lowest BCUT2D eigenvalue weighted by molar-refractivity contribution is -0.124. The molecule has 1 amide bonds. The van der Waals surface area contributed by atoms with E-state index in [2.05, 4.69) is 10.3 Å². The van der Waals surface area contributed by atoms with Crippen molar-refractivity contribution in [3.63, 3.8) is 0 Å². The van der Waals surface area contributed by atoms with Crippen molar-refractivity contribution in [2.75, 3.05) is 18.9 Å². The molecule has 0 spiro atoms. The highest BCUT2D eigenvalue weighted by Crippen LogP contribution is 2.26. The predicted octanol–water partition coefficient (Wildman–Crippen LogP) is 3.09. The van der Waals surface area contributed by atoms with Crippen LogP contribution < -0.4 is 5.32 Å². The minimum Gasteiger partial charge on any atom is -0.452 e. The van der Waals surface area contributed by atoms with Crippen molar-refractivity contribution in [3.8, 4) is 0 Å². The average Bonchev–Trinajstić information content (AvgIpc) is 3.11. The Hall–Kier alpha value is -1.47. The molecule has 1 N–H and O–H groups in total. The third kappa shape index (κ3) is 5.87. The minimum atomic E-state index is -0.466. The molecule has 7 heteroatoms. The number of esters is 1. The summed E-state index contributed by atoms with van der Waals surface area (Å²) in [7, 11) is 0. The van der Waals surface area contributed by atoms with Gasteiger partial charge in [0.2, 0.25) is 0 Å². The first-order valence-corrected chi connectivity index (χ1v) is 9.91. The molecule has 0 aromatic heterocycles. The highest BCUT2D eigenvalue weighted by Gasteiger charge is 2.16. The number of hydrogen-bond donors (Lipinski definition) is 1. The van der Waals surface area contributed by atoms with Gasteiger partial charge in [0.25, 0.3) is 5.91 Å². The van der Waals surface area contributed by atoms with Gasteiger partial charge in [-0.15, -0.1) is 0 Å². The summed E-state index contributed by atoms with van der Waals surface area (Å²) < 4.78 is 6.21. The molecular formula is C17H22N2O3S2. The quantitative estimate of drug-likeness (QED) is 0.751. The number of benzene rings is 1. The van der Waals surface area contributed by atoms with Gasteiger partial charge in [0.1, 0.15) is 4.38 Å². The zero-order valence-corrected chi connectivity index (χ0v) is 15.5. The fourth-order valence-corrected chi connectivity index (χ4v) is 4.03. The first-order valence-electron chi connectivity index (χ1n) is 7.94. The number of hydrogen-bond acceptors (Lipinski definition) is 6. The van der Waals surface area contributed by atoms with Crippen molar-refractivity contribution in [1.29, 1.82) is 0 Å². The third-order valence-electron chi connectivity index (χ3n) is 3.50. The van der Waals surface area contributed by atoms with E-state index in [0.29, 0.717) is 11.3 Å². The van der Waals surface area contributed by atoms with Crippen LogP contribution in [0.5, 0.6) is 0 Å². The highest BCUT2D eigenvalue weighted by molar-refractivity contribution is 8.38. The minimum absolute atomic E-state index is 0.0737. The summed E-state index contributed by atoms with van der Waals surface area (Å²) in [5.41, 5.74) is 1.40. The highest BCUT2D eigenvalue weighted by atomic mass is 32.2. The fraction of sp³-hybridized carbons (Fsp3) is 0.471. The van der Waals surface area contributed by atoms with Crippen LogP contribution >= 0.6 is 23.5 Å². The van der Waals surface area contributed by atoms with Gasteiger partial charge in [-0.05, 0) is 25.0 Å². The molecule has 0 fully saturated rings. The molecule has 5 nitrogen and oxygen atoms in total. The lowest BCUT2D eigenvalue weighted by Gasteiger charge is -2.12. The van der Waals surface area contributed by atoms with E-state index in [1.54, 1.807) is 35.7 Å². The van der Waals surface area contributed by atoms with Gasteiger partial charge in [0.05, 0.1) is 12.1 Å². The predicted molar refractivity (Wildman–Crippen MR) is 101 cm³/mol. The zero-order chi connectivity index (χ0) is 17.4. The topological polar surface area (TPSA) is 67.8 Å². The molecule has 0 bridgehead atoms. The summed E-state index contributed by atoms with van der Waals surface area (Å²) in [6, 6.07) is 7.40. The molecule has 130 valence electrons. The Bertz CT molecular complexity index is 620. The van der Waals surface area contributed by atoms with E-state index >= 15 is 0 Å². The van der Waals surface area contributed by atoms with Gasteiger partial charge in [-0.25, -0.2) is 4.79 Å². The third-order valence-corrected chi connectivity index (χ3v) is 5.80. The lowest BCUT2D eigenvalue weighted by Crippen LogP contribution is -2.35. The van der Waals surface area contributed by atoms with Crippen LogP contribution in [0.3, 0.4) is 0 Å². The SMILES string of the molecule is CC[C@@H](C)NC(=O)COC(=O)c1ccccc1CSC1=NCCS1. The van der Waals surface area contributed by atoms with Crippen molar-refractivity contribution in [3.05, 3.63) is 35.4 Å². The van der Waals surface area contributed by atoms with Crippen LogP contribution in [0.15, 0.2) is 29.3 Å². The van der Waals surface area contributed by atoms with Crippen LogP contribution in [-0.2, 0) is 15.3 Å². The Kier molecular flexibility index (Phi) is 7.65. The summed E-state index contributed by atoms with van der Waals surface area (Å²) in [4.78, 5) is 28.4. The molecule has 0 saturated carbocycles. The maximum absolute atomic E-state index is 12.3. The van der Waals surface area contributed by atoms with Crippen LogP contribution in [0.4, 0.5) is 0 Å². The molecule has 2 rings (SSSR count). The van der Waals surface area contributed by atoms with Gasteiger partial charge in [-0.2, -0.15) is 0 Å². The molecule has 1 aromatic carbocycles. The molecule has 0 saturated heterocycles. The fourth-order valence-electron chi connectivity index (χ4n) is 2.02. The van der Waals surface area contributed by atoms with E-state index in [0.717, 1.165) is 28.7 Å². The van der Waals surface area contributed by atoms with E-state index in [1.807, 2.05) is 26.0 Å². The van der Waals surface area contributed by atoms with Crippen LogP contribution in [-0.4, -0.2) is 41.2 Å². The maximum atomic E-state index is 12.3. The van der Waals surface area contributed by atoms with Crippen molar-refractivity contribution in [2.45, 2.75) is 32.1 Å². The summed E-state index contributed by atoms with van der Waals surface area (Å²) in [5, 5.41) is 2.77. The molecule has 1 aliphatic rings. The summed E-state index contributed by atoms with van der Waals surface area (Å²) in [6.45, 7) is 4.50. The average molecular weight is 367 g/mol. The lowest BCUT2D eigenvalue weighted by atomic mass is 10.1. The number of carbonyl (C=O) groups excluding carboxylic acids is 2. The first-order chi connectivity index (χ1) is 11.6. The Labute approximate surface area is 151 Å². The van der Waals surface area contributed by atoms with Crippen molar-refractivity contribution in [1.82, 2.24) is 5.32 Å². The largest absolute Gasteiger partial charge is 0.452 e. The Morgan fingerprint density at radius 2 is 2.21 bits per heavy atom. The zero-order valence-electron chi connectivity index (χ0n) is 13.9. The monoisotopic (exact) mass is 366 g/mol. The Balaban J connectivity index is 1.90. The standard InChI is InChI=1S/C17H22N2O3S2/c1-3-12(2)19-15(20)10-22-16(21)14-7-5-4-6-13(14)11-24-17-18-8-9-23-17/h4-7,12H,3,8-11H2,1-2H3,(H,19,20)/t12-/m1/s1. The van der Waals surface area contributed by atoms with Gasteiger partial charge in [-0.3, -0.25) is 9.79 Å². The number of nitrogens with zero attached hydrogens (tertiary/aromatic N) is 1. The number of rotatable bonds is 7. The molecule has 0 unspecified atom stereocenters. The second kappa shape index (κ2) is 9.74. The summed E-state index contributed by atoms with van der Waals surface area (Å²) in [5.74, 6) is 0.945. The van der Waals surface area contributed by atoms with Gasteiger partial charge >= 0.3 is 5.97 Å². The molecule has 1 heterocycles. The Morgan fingerprint density at radius 3 is 2.92 bits per heavy atom. The van der Waals surface area contributed by atoms with Crippen LogP contribution in [0, 0.1) is 0 Å². The van der Waals surface area contributed by atoms with Crippen LogP contribution in [0.2, 0.25) is 0 Å². The van der Waals surface area contributed by atoms with Gasteiger partial charge in [0, 0.05) is 17.5 Å². The maximum Gasteiger partial charge on any atom is 0.338 e. The molecule has 0 aliphatic carbocycles. The number of thioether (sulfide) groups is 2. The van der Waals surface area contributed by atoms with Gasteiger partial charge in [0.15, 0.2) is 6.61 Å². The molecule has 1 atom stereocenters. The number of carbonyl (C=O) groups is 2. The van der Waals surface area contributed by atoms with Crippen molar-refractivity contribution >= 4 is 39.8 Å². The first kappa shape index (κ1) is 18.9. The van der Waals surface area contributed by atoms with E-state index in [4.69, 9.17) is 4.74 Å². The van der Waals surface area contributed by atoms with Gasteiger partial charge in [-0.1, -0.05) is 48.6 Å². The second-order valence-electron chi connectivity index (χ2n) is 5.39. The Morgan fingerprint density at radius 1 is 1.42 bits per heavy atom.